The number of amides is 1. The highest BCUT2D eigenvalue weighted by Gasteiger charge is 2.16. The van der Waals surface area contributed by atoms with Crippen LogP contribution in [-0.4, -0.2) is 51.1 Å². The molecule has 0 aromatic carbocycles. The van der Waals surface area contributed by atoms with E-state index in [1.165, 1.54) is 0 Å². The molecule has 4 heteroatoms. The van der Waals surface area contributed by atoms with E-state index in [0.717, 1.165) is 26.2 Å². The molecule has 0 aliphatic carbocycles. The normalized spacial score (nSPS) is 19.5. The monoisotopic (exact) mass is 184 g/mol. The van der Waals surface area contributed by atoms with Crippen molar-refractivity contribution in [1.29, 1.82) is 0 Å². The summed E-state index contributed by atoms with van der Waals surface area (Å²) in [6.07, 6.45) is 0.615. The lowest BCUT2D eigenvalue weighted by molar-refractivity contribution is -0.129. The van der Waals surface area contributed by atoms with Crippen molar-refractivity contribution in [2.24, 2.45) is 5.92 Å². The molecule has 0 aromatic rings. The van der Waals surface area contributed by atoms with Crippen LogP contribution in [0, 0.1) is 5.92 Å². The molecule has 13 heavy (non-hydrogen) atoms. The zero-order chi connectivity index (χ0) is 9.68. The summed E-state index contributed by atoms with van der Waals surface area (Å²) >= 11 is 0. The third-order valence-corrected chi connectivity index (χ3v) is 2.23. The first-order chi connectivity index (χ1) is 6.20. The van der Waals surface area contributed by atoms with Gasteiger partial charge in [0.15, 0.2) is 0 Å². The molecule has 1 aliphatic heterocycles. The largest absolute Gasteiger partial charge is 0.349 e. The van der Waals surface area contributed by atoms with Crippen LogP contribution in [0.4, 0.5) is 0 Å². The van der Waals surface area contributed by atoms with Crippen LogP contribution >= 0.6 is 0 Å². The van der Waals surface area contributed by atoms with Crippen LogP contribution in [0.25, 0.3) is 0 Å². The second-order valence-electron chi connectivity index (χ2n) is 3.69. The van der Waals surface area contributed by atoms with Crippen molar-refractivity contribution >= 4 is 5.91 Å². The lowest BCUT2D eigenvalue weighted by atomic mass is 10.1. The second kappa shape index (κ2) is 5.19. The summed E-state index contributed by atoms with van der Waals surface area (Å²) in [5.41, 5.74) is 0. The van der Waals surface area contributed by atoms with Gasteiger partial charge in [0, 0.05) is 40.2 Å². The third kappa shape index (κ3) is 3.74. The maximum Gasteiger partial charge on any atom is 0.222 e. The van der Waals surface area contributed by atoms with Crippen LogP contribution < -0.4 is 10.6 Å². The lowest BCUT2D eigenvalue weighted by Gasteiger charge is -2.16. The van der Waals surface area contributed by atoms with E-state index in [1.807, 2.05) is 0 Å². The molecule has 1 saturated heterocycles. The minimum atomic E-state index is 0.198. The molecule has 0 saturated carbocycles. The number of hydrogen-bond donors (Lipinski definition) is 1. The first-order valence-electron chi connectivity index (χ1n) is 4.74. The van der Waals surface area contributed by atoms with Crippen molar-refractivity contribution in [3.05, 3.63) is 0 Å². The average Bonchev–Trinajstić information content (AvgIpc) is 2.32. The Bertz CT molecular complexity index is 162. The van der Waals surface area contributed by atoms with Gasteiger partial charge < -0.3 is 10.2 Å². The Morgan fingerprint density at radius 2 is 2.38 bits per heavy atom. The molecule has 1 heterocycles. The zero-order valence-corrected chi connectivity index (χ0v) is 8.42. The molecule has 1 N–H and O–H groups in total. The van der Waals surface area contributed by atoms with Crippen molar-refractivity contribution < 1.29 is 4.79 Å². The number of hydrogen-bond acceptors (Lipinski definition) is 2. The minimum absolute atomic E-state index is 0.198. The van der Waals surface area contributed by atoms with E-state index in [-0.39, 0.29) is 5.91 Å². The molecule has 75 valence electrons. The molecular formula is C9H18N3O. The highest BCUT2D eigenvalue weighted by atomic mass is 16.2. The van der Waals surface area contributed by atoms with Gasteiger partial charge in [-0.2, -0.15) is 0 Å². The van der Waals surface area contributed by atoms with Crippen LogP contribution in [0.15, 0.2) is 0 Å². The summed E-state index contributed by atoms with van der Waals surface area (Å²) in [6.45, 7) is 3.58. The van der Waals surface area contributed by atoms with E-state index in [4.69, 9.17) is 0 Å². The molecule has 1 radical (unpaired) electrons. The predicted molar refractivity (Wildman–Crippen MR) is 51.5 cm³/mol. The van der Waals surface area contributed by atoms with Crippen LogP contribution in [0.1, 0.15) is 6.42 Å². The fraction of sp³-hybridized carbons (Fsp3) is 0.889. The Morgan fingerprint density at radius 3 is 3.08 bits per heavy atom. The zero-order valence-electron chi connectivity index (χ0n) is 8.42. The Kier molecular flexibility index (Phi) is 4.18. The van der Waals surface area contributed by atoms with Crippen molar-refractivity contribution in [1.82, 2.24) is 15.5 Å². The van der Waals surface area contributed by atoms with Crippen LogP contribution in [0.2, 0.25) is 0 Å². The number of carbonyl (C=O) groups excluding carboxylic acids is 1. The Labute approximate surface area is 79.7 Å². The van der Waals surface area contributed by atoms with Gasteiger partial charge in [0.25, 0.3) is 0 Å². The van der Waals surface area contributed by atoms with E-state index in [0.29, 0.717) is 12.3 Å². The molecule has 0 spiro atoms. The number of carbonyl (C=O) groups is 1. The van der Waals surface area contributed by atoms with Crippen LogP contribution in [0.5, 0.6) is 0 Å². The Hall–Kier alpha value is -0.610. The fourth-order valence-electron chi connectivity index (χ4n) is 1.37. The summed E-state index contributed by atoms with van der Waals surface area (Å²) in [5, 5.41) is 7.61. The van der Waals surface area contributed by atoms with Gasteiger partial charge in [-0.25, -0.2) is 5.32 Å². The van der Waals surface area contributed by atoms with Gasteiger partial charge in [-0.15, -0.1) is 0 Å². The quantitative estimate of drug-likeness (QED) is 0.616. The molecule has 1 fully saturated rings. The second-order valence-corrected chi connectivity index (χ2v) is 3.69. The molecule has 1 amide bonds. The predicted octanol–water partition coefficient (Wildman–Crippen LogP) is -0.711. The molecule has 1 unspecified atom stereocenters. The Morgan fingerprint density at radius 1 is 1.62 bits per heavy atom. The summed E-state index contributed by atoms with van der Waals surface area (Å²) in [4.78, 5) is 13.0. The molecule has 0 bridgehead atoms. The van der Waals surface area contributed by atoms with Gasteiger partial charge in [-0.05, 0) is 12.5 Å². The smallest absolute Gasteiger partial charge is 0.222 e. The third-order valence-electron chi connectivity index (χ3n) is 2.23. The summed E-state index contributed by atoms with van der Waals surface area (Å²) in [5.74, 6) is 0.585. The molecule has 1 rings (SSSR count). The minimum Gasteiger partial charge on any atom is -0.349 e. The van der Waals surface area contributed by atoms with Crippen molar-refractivity contribution in [2.75, 3.05) is 40.3 Å². The van der Waals surface area contributed by atoms with Crippen molar-refractivity contribution in [3.8, 4) is 0 Å². The maximum absolute atomic E-state index is 11.4. The van der Waals surface area contributed by atoms with E-state index in [1.54, 1.807) is 19.0 Å². The first kappa shape index (κ1) is 10.5. The Balaban J connectivity index is 2.29. The summed E-state index contributed by atoms with van der Waals surface area (Å²) in [7, 11) is 3.59. The van der Waals surface area contributed by atoms with Gasteiger partial charge in [0.1, 0.15) is 0 Å². The summed E-state index contributed by atoms with van der Waals surface area (Å²) in [6, 6.07) is 0. The topological polar surface area (TPSA) is 46.4 Å². The maximum atomic E-state index is 11.4. The molecule has 0 aromatic heterocycles. The average molecular weight is 184 g/mol. The fourth-order valence-corrected chi connectivity index (χ4v) is 1.37. The van der Waals surface area contributed by atoms with Crippen LogP contribution in [-0.2, 0) is 4.79 Å². The number of nitrogens with zero attached hydrogens (tertiary/aromatic N) is 2. The SMILES string of the molecule is CN(C)C(=O)CC1C[N]CCNC1. The molecule has 1 aliphatic rings. The molecular weight excluding hydrogens is 166 g/mol. The van der Waals surface area contributed by atoms with Gasteiger partial charge in [0.2, 0.25) is 5.91 Å². The van der Waals surface area contributed by atoms with E-state index < -0.39 is 0 Å². The highest BCUT2D eigenvalue weighted by molar-refractivity contribution is 5.75. The van der Waals surface area contributed by atoms with Crippen molar-refractivity contribution in [3.63, 3.8) is 0 Å². The number of rotatable bonds is 2. The highest BCUT2D eigenvalue weighted by Crippen LogP contribution is 2.04. The number of nitrogens with one attached hydrogen (secondary N) is 1. The van der Waals surface area contributed by atoms with E-state index in [2.05, 4.69) is 10.6 Å². The van der Waals surface area contributed by atoms with E-state index >= 15 is 0 Å². The van der Waals surface area contributed by atoms with Gasteiger partial charge in [-0.1, -0.05) is 0 Å². The first-order valence-corrected chi connectivity index (χ1v) is 4.74. The van der Waals surface area contributed by atoms with Crippen molar-refractivity contribution in [2.45, 2.75) is 6.42 Å². The summed E-state index contributed by atoms with van der Waals surface area (Å²) < 4.78 is 0. The van der Waals surface area contributed by atoms with E-state index in [9.17, 15) is 4.79 Å². The standard InChI is InChI=1S/C9H18N3O/c1-12(2)9(13)5-8-6-10-3-4-11-7-8/h8,10H,3-7H2,1-2H3. The van der Waals surface area contributed by atoms with Gasteiger partial charge >= 0.3 is 0 Å². The van der Waals surface area contributed by atoms with Gasteiger partial charge in [0.05, 0.1) is 0 Å². The van der Waals surface area contributed by atoms with Crippen LogP contribution in [0.3, 0.4) is 0 Å². The molecule has 1 atom stereocenters. The lowest BCUT2D eigenvalue weighted by Crippen LogP contribution is -2.30. The van der Waals surface area contributed by atoms with Gasteiger partial charge in [-0.3, -0.25) is 4.79 Å². The molecule has 4 nitrogen and oxygen atoms in total.